The molecule has 0 aliphatic rings. The highest BCUT2D eigenvalue weighted by atomic mass is 17.5. The zero-order valence-electron chi connectivity index (χ0n) is 27.8. The first-order valence-electron chi connectivity index (χ1n) is 17.7. The van der Waals surface area contributed by atoms with Gasteiger partial charge >= 0.3 is 11.9 Å². The maximum absolute atomic E-state index is 11.7. The molecule has 43 heavy (non-hydrogen) atoms. The lowest BCUT2D eigenvalue weighted by Gasteiger charge is -2.07. The standard InChI is InChI=1S/C36H66O7/c1-3-5-7-21-27-33(37)29-23-17-13-9-11-15-19-25-31-35(39)41-43-42-36(40)32-26-20-16-12-10-14-18-24-30-34(38)28-22-8-6-4-2/h17-18,23-24,33-34,37-38H,3-16,19-22,25-32H2,1-2H3/b23-17-,24-18-/t33-,34-/m1/s1. The molecule has 0 bridgehead atoms. The number of carbonyl (C=O) groups is 2. The first-order valence-corrected chi connectivity index (χ1v) is 17.7. The number of allylic oxidation sites excluding steroid dienone is 2. The minimum atomic E-state index is -0.528. The fraction of sp³-hybridized carbons (Fsp3) is 0.833. The Labute approximate surface area is 263 Å². The molecule has 2 atom stereocenters. The van der Waals surface area contributed by atoms with Crippen LogP contribution in [0.1, 0.15) is 181 Å². The number of unbranched alkanes of at least 4 members (excludes halogenated alkanes) is 16. The number of aliphatic hydroxyl groups excluding tert-OH is 2. The van der Waals surface area contributed by atoms with Gasteiger partial charge in [-0.15, -0.1) is 0 Å². The first kappa shape index (κ1) is 41.3. The van der Waals surface area contributed by atoms with Crippen molar-refractivity contribution in [3.8, 4) is 0 Å². The highest BCUT2D eigenvalue weighted by molar-refractivity contribution is 5.69. The monoisotopic (exact) mass is 610 g/mol. The van der Waals surface area contributed by atoms with E-state index in [4.69, 9.17) is 0 Å². The van der Waals surface area contributed by atoms with Crippen LogP contribution in [0.5, 0.6) is 0 Å². The fourth-order valence-corrected chi connectivity index (χ4v) is 4.89. The predicted molar refractivity (Wildman–Crippen MR) is 175 cm³/mol. The van der Waals surface area contributed by atoms with E-state index in [9.17, 15) is 19.8 Å². The Bertz CT molecular complexity index is 621. The highest BCUT2D eigenvalue weighted by Gasteiger charge is 2.09. The summed E-state index contributed by atoms with van der Waals surface area (Å²) in [4.78, 5) is 32.5. The summed E-state index contributed by atoms with van der Waals surface area (Å²) >= 11 is 0. The minimum Gasteiger partial charge on any atom is -0.393 e. The smallest absolute Gasteiger partial charge is 0.346 e. The first-order chi connectivity index (χ1) is 21.0. The second-order valence-corrected chi connectivity index (χ2v) is 12.0. The van der Waals surface area contributed by atoms with E-state index in [0.29, 0.717) is 12.8 Å². The van der Waals surface area contributed by atoms with Crippen LogP contribution in [-0.4, -0.2) is 34.4 Å². The number of hydrogen-bond donors (Lipinski definition) is 2. The van der Waals surface area contributed by atoms with Gasteiger partial charge in [0.2, 0.25) is 0 Å². The van der Waals surface area contributed by atoms with Gasteiger partial charge in [0.05, 0.1) is 12.2 Å². The normalized spacial score (nSPS) is 13.1. The number of carbonyl (C=O) groups excluding carboxylic acids is 2. The van der Waals surface area contributed by atoms with Gasteiger partial charge in [-0.05, 0) is 64.2 Å². The van der Waals surface area contributed by atoms with Crippen LogP contribution in [0.4, 0.5) is 0 Å². The predicted octanol–water partition coefficient (Wildman–Crippen LogP) is 9.94. The molecule has 0 aromatic rings. The van der Waals surface area contributed by atoms with Gasteiger partial charge in [0, 0.05) is 17.9 Å². The molecule has 0 rings (SSSR count). The van der Waals surface area contributed by atoms with Crippen LogP contribution in [0.3, 0.4) is 0 Å². The van der Waals surface area contributed by atoms with Crippen molar-refractivity contribution >= 4 is 11.9 Å². The summed E-state index contributed by atoms with van der Waals surface area (Å²) in [7, 11) is 0. The van der Waals surface area contributed by atoms with Gasteiger partial charge in [0.1, 0.15) is 0 Å². The molecule has 0 aliphatic carbocycles. The van der Waals surface area contributed by atoms with E-state index in [2.05, 4.69) is 53.0 Å². The maximum atomic E-state index is 11.7. The Morgan fingerprint density at radius 2 is 0.884 bits per heavy atom. The molecule has 0 fully saturated rings. The molecule has 7 heteroatoms. The lowest BCUT2D eigenvalue weighted by Crippen LogP contribution is -2.10. The van der Waals surface area contributed by atoms with E-state index >= 15 is 0 Å². The SMILES string of the molecule is CCCCCC[C@@H](O)C/C=C\CCCCCCCC(=O)OOOC(=O)CCCCCCC/C=C\C[C@H](O)CCCCCC. The van der Waals surface area contributed by atoms with Crippen molar-refractivity contribution < 1.29 is 34.6 Å². The molecule has 0 aromatic heterocycles. The second kappa shape index (κ2) is 33.2. The molecule has 7 nitrogen and oxygen atoms in total. The van der Waals surface area contributed by atoms with Gasteiger partial charge in [-0.3, -0.25) is 9.78 Å². The second-order valence-electron chi connectivity index (χ2n) is 12.0. The third-order valence-electron chi connectivity index (χ3n) is 7.69. The van der Waals surface area contributed by atoms with Gasteiger partial charge < -0.3 is 10.2 Å². The summed E-state index contributed by atoms with van der Waals surface area (Å²) < 4.78 is 0. The summed E-state index contributed by atoms with van der Waals surface area (Å²) in [5.41, 5.74) is 0. The molecule has 2 N–H and O–H groups in total. The van der Waals surface area contributed by atoms with Crippen molar-refractivity contribution in [3.05, 3.63) is 24.3 Å². The van der Waals surface area contributed by atoms with Crippen LogP contribution >= 0.6 is 0 Å². The third-order valence-corrected chi connectivity index (χ3v) is 7.69. The quantitative estimate of drug-likeness (QED) is 0.0338. The Balaban J connectivity index is 3.45. The van der Waals surface area contributed by atoms with Crippen LogP contribution in [0, 0.1) is 0 Å². The molecule has 0 spiro atoms. The van der Waals surface area contributed by atoms with Gasteiger partial charge in [0.25, 0.3) is 0 Å². The van der Waals surface area contributed by atoms with E-state index in [1.807, 2.05) is 0 Å². The zero-order chi connectivity index (χ0) is 31.6. The van der Waals surface area contributed by atoms with Gasteiger partial charge in [-0.25, -0.2) is 9.59 Å². The van der Waals surface area contributed by atoms with E-state index in [1.165, 1.54) is 38.5 Å². The lowest BCUT2D eigenvalue weighted by molar-refractivity contribution is -0.459. The van der Waals surface area contributed by atoms with Crippen molar-refractivity contribution in [2.24, 2.45) is 0 Å². The minimum absolute atomic E-state index is 0.212. The Morgan fingerprint density at radius 1 is 0.512 bits per heavy atom. The van der Waals surface area contributed by atoms with Crippen LogP contribution < -0.4 is 0 Å². The molecule has 252 valence electrons. The summed E-state index contributed by atoms with van der Waals surface area (Å²) in [6.07, 6.45) is 33.3. The fourth-order valence-electron chi connectivity index (χ4n) is 4.89. The molecule has 0 heterocycles. The van der Waals surface area contributed by atoms with Gasteiger partial charge in [-0.2, -0.15) is 0 Å². The number of hydrogen-bond acceptors (Lipinski definition) is 7. The Morgan fingerprint density at radius 3 is 1.30 bits per heavy atom. The Kier molecular flexibility index (Phi) is 31.9. The van der Waals surface area contributed by atoms with Crippen LogP contribution in [0.2, 0.25) is 0 Å². The van der Waals surface area contributed by atoms with Crippen molar-refractivity contribution in [1.82, 2.24) is 0 Å². The van der Waals surface area contributed by atoms with Crippen molar-refractivity contribution in [2.45, 2.75) is 193 Å². The summed E-state index contributed by atoms with van der Waals surface area (Å²) in [6.45, 7) is 4.39. The molecule has 0 radical (unpaired) electrons. The van der Waals surface area contributed by atoms with E-state index in [-0.39, 0.29) is 25.0 Å². The molecule has 0 amide bonds. The number of rotatable bonds is 32. The molecule has 0 aliphatic heterocycles. The van der Waals surface area contributed by atoms with E-state index < -0.39 is 11.9 Å². The molecule has 0 aromatic carbocycles. The lowest BCUT2D eigenvalue weighted by atomic mass is 10.1. The van der Waals surface area contributed by atoms with Crippen LogP contribution in [-0.2, 0) is 24.4 Å². The van der Waals surface area contributed by atoms with Gasteiger partial charge in [-0.1, -0.05) is 128 Å². The van der Waals surface area contributed by atoms with E-state index in [1.54, 1.807) is 0 Å². The molecular weight excluding hydrogens is 544 g/mol. The summed E-state index contributed by atoms with van der Waals surface area (Å²) in [5, 5.41) is 24.3. The van der Waals surface area contributed by atoms with Crippen molar-refractivity contribution in [2.75, 3.05) is 0 Å². The number of aliphatic hydroxyl groups is 2. The van der Waals surface area contributed by atoms with Crippen LogP contribution in [0.15, 0.2) is 24.3 Å². The summed E-state index contributed by atoms with van der Waals surface area (Å²) in [5.74, 6) is -1.06. The Hall–Kier alpha value is -1.70. The largest absolute Gasteiger partial charge is 0.393 e. The molecular formula is C36H66O7. The third kappa shape index (κ3) is 33.0. The van der Waals surface area contributed by atoms with Crippen molar-refractivity contribution in [1.29, 1.82) is 0 Å². The van der Waals surface area contributed by atoms with E-state index in [0.717, 1.165) is 103 Å². The maximum Gasteiger partial charge on any atom is 0.346 e. The average Bonchev–Trinajstić information content (AvgIpc) is 2.99. The molecule has 0 saturated heterocycles. The van der Waals surface area contributed by atoms with Gasteiger partial charge in [0.15, 0.2) is 0 Å². The summed E-state index contributed by atoms with van der Waals surface area (Å²) in [6, 6.07) is 0. The topological polar surface area (TPSA) is 102 Å². The average molecular weight is 611 g/mol. The zero-order valence-corrected chi connectivity index (χ0v) is 27.8. The highest BCUT2D eigenvalue weighted by Crippen LogP contribution is 2.13. The molecule has 0 unspecified atom stereocenters. The van der Waals surface area contributed by atoms with Crippen LogP contribution in [0.25, 0.3) is 0 Å². The molecule has 0 saturated carbocycles. The van der Waals surface area contributed by atoms with Crippen molar-refractivity contribution in [3.63, 3.8) is 0 Å².